The highest BCUT2D eigenvalue weighted by Crippen LogP contribution is 2.20. The summed E-state index contributed by atoms with van der Waals surface area (Å²) >= 11 is 0. The van der Waals surface area contributed by atoms with Crippen LogP contribution in [0.3, 0.4) is 0 Å². The van der Waals surface area contributed by atoms with Crippen LogP contribution in [0.15, 0.2) is 30.3 Å². The molecule has 3 N–H and O–H groups in total. The van der Waals surface area contributed by atoms with Gasteiger partial charge >= 0.3 is 5.97 Å². The zero-order chi connectivity index (χ0) is 25.5. The fourth-order valence-electron chi connectivity index (χ4n) is 2.73. The van der Waals surface area contributed by atoms with Gasteiger partial charge in [0.25, 0.3) is 0 Å². The van der Waals surface area contributed by atoms with Crippen molar-refractivity contribution in [2.24, 2.45) is 11.1 Å². The van der Waals surface area contributed by atoms with Gasteiger partial charge in [0.2, 0.25) is 5.91 Å². The van der Waals surface area contributed by atoms with E-state index in [4.69, 9.17) is 20.3 Å². The number of ether oxygens (including phenoxy) is 2. The molecule has 1 aromatic carbocycles. The molecule has 1 heterocycles. The quantitative estimate of drug-likeness (QED) is 0.466. The van der Waals surface area contributed by atoms with E-state index in [0.29, 0.717) is 38.0 Å². The zero-order valence-corrected chi connectivity index (χ0v) is 21.7. The molecule has 7 heteroatoms. The average molecular weight is 467 g/mol. The maximum absolute atomic E-state index is 11.8. The summed E-state index contributed by atoms with van der Waals surface area (Å²) in [6, 6.07) is 9.57. The van der Waals surface area contributed by atoms with E-state index in [1.54, 1.807) is 0 Å². The summed E-state index contributed by atoms with van der Waals surface area (Å²) in [5, 5.41) is 8.48. The molecule has 190 valence electrons. The highest BCUT2D eigenvalue weighted by Gasteiger charge is 2.36. The van der Waals surface area contributed by atoms with Crippen molar-refractivity contribution in [3.8, 4) is 0 Å². The van der Waals surface area contributed by atoms with Gasteiger partial charge in [-0.15, -0.1) is 0 Å². The van der Waals surface area contributed by atoms with Crippen LogP contribution in [0.1, 0.15) is 73.3 Å². The van der Waals surface area contributed by atoms with Gasteiger partial charge in [0.05, 0.1) is 13.2 Å². The highest BCUT2D eigenvalue weighted by molar-refractivity contribution is 5.86. The lowest BCUT2D eigenvalue weighted by molar-refractivity contribution is -0.163. The van der Waals surface area contributed by atoms with Crippen LogP contribution >= 0.6 is 0 Å². The Morgan fingerprint density at radius 1 is 1.09 bits per heavy atom. The molecule has 0 bridgehead atoms. The van der Waals surface area contributed by atoms with Crippen molar-refractivity contribution < 1.29 is 24.2 Å². The van der Waals surface area contributed by atoms with E-state index < -0.39 is 11.6 Å². The number of likely N-dealkylation sites (tertiary alicyclic amines) is 1. The largest absolute Gasteiger partial charge is 0.458 e. The Kier molecular flexibility index (Phi) is 14.9. The third-order valence-electron chi connectivity index (χ3n) is 3.98. The number of esters is 1. The number of aliphatic hydroxyl groups excluding tert-OH is 1. The highest BCUT2D eigenvalue weighted by atomic mass is 16.6. The minimum absolute atomic E-state index is 0.0563. The lowest BCUT2D eigenvalue weighted by Crippen LogP contribution is -2.45. The molecule has 0 aromatic heterocycles. The minimum atomic E-state index is -0.517. The Labute approximate surface area is 200 Å². The first-order chi connectivity index (χ1) is 15.3. The Hall–Kier alpha value is -1.96. The minimum Gasteiger partial charge on any atom is -0.458 e. The van der Waals surface area contributed by atoms with Gasteiger partial charge in [0, 0.05) is 19.8 Å². The molecule has 1 aromatic rings. The number of carbonyl (C=O) groups excluding carboxylic acids is 2. The molecule has 1 atom stereocenters. The summed E-state index contributed by atoms with van der Waals surface area (Å²) in [5.74, 6) is -0.514. The number of hydrogen-bond acceptors (Lipinski definition) is 6. The van der Waals surface area contributed by atoms with Gasteiger partial charge in [-0.1, -0.05) is 58.0 Å². The SMILES string of the molecule is CC(C)(C)C.CC(C)(C)OC(=O)C1CCCN1C(=O)CN.OCCCOCc1ccccc1. The van der Waals surface area contributed by atoms with E-state index in [1.165, 1.54) is 10.5 Å². The van der Waals surface area contributed by atoms with E-state index in [2.05, 4.69) is 27.7 Å². The second-order valence-corrected chi connectivity index (χ2v) is 10.6. The molecular formula is C26H46N2O5. The van der Waals surface area contributed by atoms with E-state index >= 15 is 0 Å². The van der Waals surface area contributed by atoms with Crippen LogP contribution in [0.2, 0.25) is 0 Å². The number of amides is 1. The van der Waals surface area contributed by atoms with E-state index in [0.717, 1.165) is 6.42 Å². The smallest absolute Gasteiger partial charge is 0.329 e. The molecule has 1 aliphatic heterocycles. The van der Waals surface area contributed by atoms with Crippen LogP contribution < -0.4 is 5.73 Å². The average Bonchev–Trinajstić information content (AvgIpc) is 3.20. The van der Waals surface area contributed by atoms with Gasteiger partial charge in [-0.3, -0.25) is 4.79 Å². The molecule has 1 aliphatic rings. The maximum atomic E-state index is 11.8. The van der Waals surface area contributed by atoms with Gasteiger partial charge in [0.1, 0.15) is 11.6 Å². The van der Waals surface area contributed by atoms with Gasteiger partial charge in [-0.05, 0) is 51.0 Å². The monoisotopic (exact) mass is 466 g/mol. The number of nitrogens with two attached hydrogens (primary N) is 1. The molecule has 1 fully saturated rings. The molecule has 0 radical (unpaired) electrons. The second-order valence-electron chi connectivity index (χ2n) is 10.6. The molecule has 1 unspecified atom stereocenters. The molecule has 33 heavy (non-hydrogen) atoms. The second kappa shape index (κ2) is 15.8. The summed E-state index contributed by atoms with van der Waals surface area (Å²) in [4.78, 5) is 24.8. The number of carbonyl (C=O) groups is 2. The number of rotatable bonds is 7. The maximum Gasteiger partial charge on any atom is 0.329 e. The molecule has 1 saturated heterocycles. The van der Waals surface area contributed by atoms with Crippen LogP contribution in [-0.2, 0) is 25.7 Å². The third-order valence-corrected chi connectivity index (χ3v) is 3.98. The standard InChI is InChI=1S/C11H20N2O3.C10H14O2.C5H12/c1-11(2,3)16-10(15)8-5-4-6-13(8)9(14)7-12;11-7-4-8-12-9-10-5-2-1-3-6-10;1-5(2,3)4/h8H,4-7,12H2,1-3H3;1-3,5-6,11H,4,7-9H2;1-4H3. The Morgan fingerprint density at radius 2 is 1.67 bits per heavy atom. The van der Waals surface area contributed by atoms with Crippen molar-refractivity contribution in [2.45, 2.75) is 86.0 Å². The Morgan fingerprint density at radius 3 is 2.15 bits per heavy atom. The number of nitrogens with zero attached hydrogens (tertiary/aromatic N) is 1. The fraction of sp³-hybridized carbons (Fsp3) is 0.692. The van der Waals surface area contributed by atoms with Crippen molar-refractivity contribution in [3.05, 3.63) is 35.9 Å². The normalized spacial score (nSPS) is 15.7. The van der Waals surface area contributed by atoms with Gasteiger partial charge in [-0.25, -0.2) is 4.79 Å². The van der Waals surface area contributed by atoms with Crippen LogP contribution in [-0.4, -0.2) is 59.8 Å². The van der Waals surface area contributed by atoms with Crippen molar-refractivity contribution >= 4 is 11.9 Å². The van der Waals surface area contributed by atoms with Crippen molar-refractivity contribution in [1.82, 2.24) is 4.90 Å². The van der Waals surface area contributed by atoms with Crippen LogP contribution in [0.4, 0.5) is 0 Å². The molecule has 0 spiro atoms. The first-order valence-corrected chi connectivity index (χ1v) is 11.7. The van der Waals surface area contributed by atoms with Crippen molar-refractivity contribution in [2.75, 3.05) is 26.3 Å². The van der Waals surface area contributed by atoms with E-state index in [9.17, 15) is 9.59 Å². The van der Waals surface area contributed by atoms with E-state index in [-0.39, 0.29) is 25.0 Å². The van der Waals surface area contributed by atoms with Gasteiger partial charge in [-0.2, -0.15) is 0 Å². The molecule has 0 aliphatic carbocycles. The predicted molar refractivity (Wildman–Crippen MR) is 133 cm³/mol. The molecule has 0 saturated carbocycles. The molecular weight excluding hydrogens is 420 g/mol. The number of hydrogen-bond donors (Lipinski definition) is 2. The third kappa shape index (κ3) is 17.2. The van der Waals surface area contributed by atoms with Gasteiger partial charge in [0.15, 0.2) is 0 Å². The molecule has 2 rings (SSSR count). The predicted octanol–water partition coefficient (Wildman–Crippen LogP) is 3.92. The number of benzene rings is 1. The van der Waals surface area contributed by atoms with E-state index in [1.807, 2.05) is 51.1 Å². The summed E-state index contributed by atoms with van der Waals surface area (Å²) in [7, 11) is 0. The van der Waals surface area contributed by atoms with Crippen LogP contribution in [0, 0.1) is 5.41 Å². The Bertz CT molecular complexity index is 660. The van der Waals surface area contributed by atoms with Crippen molar-refractivity contribution in [1.29, 1.82) is 0 Å². The summed E-state index contributed by atoms with van der Waals surface area (Å²) < 4.78 is 10.6. The summed E-state index contributed by atoms with van der Waals surface area (Å²) in [6.45, 7) is 16.2. The molecule has 7 nitrogen and oxygen atoms in total. The van der Waals surface area contributed by atoms with Crippen LogP contribution in [0.5, 0.6) is 0 Å². The summed E-state index contributed by atoms with van der Waals surface area (Å²) in [5.41, 5.74) is 6.46. The first kappa shape index (κ1) is 31.0. The van der Waals surface area contributed by atoms with Crippen LogP contribution in [0.25, 0.3) is 0 Å². The van der Waals surface area contributed by atoms with Crippen molar-refractivity contribution in [3.63, 3.8) is 0 Å². The topological polar surface area (TPSA) is 102 Å². The fourth-order valence-corrected chi connectivity index (χ4v) is 2.73. The van der Waals surface area contributed by atoms with Gasteiger partial charge < -0.3 is 25.2 Å². The Balaban J connectivity index is 0.000000530. The lowest BCUT2D eigenvalue weighted by Gasteiger charge is -2.27. The lowest BCUT2D eigenvalue weighted by atomic mass is 10.0. The zero-order valence-electron chi connectivity index (χ0n) is 21.7. The first-order valence-electron chi connectivity index (χ1n) is 11.7. The summed E-state index contributed by atoms with van der Waals surface area (Å²) in [6.07, 6.45) is 2.21. The molecule has 1 amide bonds. The number of aliphatic hydroxyl groups is 1.